The molecule has 0 atom stereocenters. The molecule has 1 aromatic carbocycles. The van der Waals surface area contributed by atoms with Crippen molar-refractivity contribution in [2.75, 3.05) is 5.73 Å². The van der Waals surface area contributed by atoms with Gasteiger partial charge >= 0.3 is 0 Å². The number of pyridine rings is 1. The lowest BCUT2D eigenvalue weighted by Crippen LogP contribution is -1.99. The third-order valence-corrected chi connectivity index (χ3v) is 3.70. The van der Waals surface area contributed by atoms with Crippen LogP contribution in [0.4, 0.5) is 5.69 Å². The number of benzene rings is 1. The summed E-state index contributed by atoms with van der Waals surface area (Å²) in [4.78, 5) is 4.17. The first-order valence-corrected chi connectivity index (χ1v) is 6.17. The summed E-state index contributed by atoms with van der Waals surface area (Å²) in [5, 5.41) is 10.1. The highest BCUT2D eigenvalue weighted by molar-refractivity contribution is 6.48. The molecular weight excluding hydrogens is 295 g/mol. The van der Waals surface area contributed by atoms with Gasteiger partial charge in [-0.25, -0.2) is 0 Å². The number of hydrogen-bond donors (Lipinski definition) is 2. The second kappa shape index (κ2) is 5.33. The molecule has 0 aliphatic heterocycles. The molecule has 3 nitrogen and oxygen atoms in total. The average Bonchev–Trinajstić information content (AvgIpc) is 2.35. The standard InChI is InChI=1S/C12H9Cl3N2O/c13-8-3-7(4-9(14)10(8)15)12-11(16)6(5-18)1-2-17-12/h1-4,18H,5,16H2. The van der Waals surface area contributed by atoms with Gasteiger partial charge in [0.15, 0.2) is 0 Å². The minimum atomic E-state index is -0.156. The molecule has 0 amide bonds. The summed E-state index contributed by atoms with van der Waals surface area (Å²) >= 11 is 17.8. The minimum Gasteiger partial charge on any atom is -0.397 e. The maximum Gasteiger partial charge on any atom is 0.0935 e. The van der Waals surface area contributed by atoms with Crippen LogP contribution in [0.1, 0.15) is 5.56 Å². The molecule has 0 aliphatic rings. The van der Waals surface area contributed by atoms with Gasteiger partial charge in [-0.05, 0) is 18.2 Å². The number of aliphatic hydroxyl groups is 1. The van der Waals surface area contributed by atoms with E-state index >= 15 is 0 Å². The minimum absolute atomic E-state index is 0.156. The maximum atomic E-state index is 9.16. The first kappa shape index (κ1) is 13.4. The first-order chi connectivity index (χ1) is 8.54. The lowest BCUT2D eigenvalue weighted by atomic mass is 10.1. The topological polar surface area (TPSA) is 59.1 Å². The predicted molar refractivity (Wildman–Crippen MR) is 75.0 cm³/mol. The van der Waals surface area contributed by atoms with Crippen LogP contribution in [0.3, 0.4) is 0 Å². The SMILES string of the molecule is Nc1c(CO)ccnc1-c1cc(Cl)c(Cl)c(Cl)c1. The summed E-state index contributed by atoms with van der Waals surface area (Å²) in [6.07, 6.45) is 1.56. The van der Waals surface area contributed by atoms with Crippen molar-refractivity contribution in [1.29, 1.82) is 0 Å². The molecule has 0 bridgehead atoms. The maximum absolute atomic E-state index is 9.16. The Morgan fingerprint density at radius 1 is 1.17 bits per heavy atom. The highest BCUT2D eigenvalue weighted by atomic mass is 35.5. The summed E-state index contributed by atoms with van der Waals surface area (Å²) in [6.45, 7) is -0.156. The zero-order valence-electron chi connectivity index (χ0n) is 9.12. The molecule has 2 aromatic rings. The third-order valence-electron chi connectivity index (χ3n) is 2.51. The van der Waals surface area contributed by atoms with Crippen molar-refractivity contribution >= 4 is 40.5 Å². The van der Waals surface area contributed by atoms with Crippen LogP contribution >= 0.6 is 34.8 Å². The molecule has 0 fully saturated rings. The Bertz CT molecular complexity index is 579. The summed E-state index contributed by atoms with van der Waals surface area (Å²) in [6, 6.07) is 4.92. The van der Waals surface area contributed by atoms with Crippen LogP contribution in [0.25, 0.3) is 11.3 Å². The Hall–Kier alpha value is -1.000. The Balaban J connectivity index is 2.62. The molecule has 0 saturated heterocycles. The van der Waals surface area contributed by atoms with E-state index < -0.39 is 0 Å². The summed E-state index contributed by atoms with van der Waals surface area (Å²) in [7, 11) is 0. The van der Waals surface area contributed by atoms with Gasteiger partial charge in [0.05, 0.1) is 33.1 Å². The van der Waals surface area contributed by atoms with Gasteiger partial charge in [-0.3, -0.25) is 4.98 Å². The van der Waals surface area contributed by atoms with Gasteiger partial charge in [-0.1, -0.05) is 34.8 Å². The van der Waals surface area contributed by atoms with Gasteiger partial charge < -0.3 is 10.8 Å². The Labute approximate surface area is 119 Å². The predicted octanol–water partition coefficient (Wildman–Crippen LogP) is 3.78. The van der Waals surface area contributed by atoms with Crippen molar-refractivity contribution in [1.82, 2.24) is 4.98 Å². The molecule has 2 rings (SSSR count). The highest BCUT2D eigenvalue weighted by Crippen LogP contribution is 2.36. The summed E-state index contributed by atoms with van der Waals surface area (Å²) in [5.41, 5.74) is 8.09. The molecule has 94 valence electrons. The van der Waals surface area contributed by atoms with E-state index in [4.69, 9.17) is 45.6 Å². The number of nitrogens with two attached hydrogens (primary N) is 1. The van der Waals surface area contributed by atoms with Crippen molar-refractivity contribution < 1.29 is 5.11 Å². The molecule has 1 heterocycles. The number of nitrogen functional groups attached to an aromatic ring is 1. The van der Waals surface area contributed by atoms with Crippen LogP contribution in [-0.2, 0) is 6.61 Å². The number of anilines is 1. The van der Waals surface area contributed by atoms with Crippen LogP contribution in [0.5, 0.6) is 0 Å². The fraction of sp³-hybridized carbons (Fsp3) is 0.0833. The van der Waals surface area contributed by atoms with Crippen LogP contribution in [-0.4, -0.2) is 10.1 Å². The van der Waals surface area contributed by atoms with E-state index in [1.165, 1.54) is 0 Å². The zero-order valence-corrected chi connectivity index (χ0v) is 11.4. The molecule has 6 heteroatoms. The third kappa shape index (κ3) is 2.40. The first-order valence-electron chi connectivity index (χ1n) is 5.03. The number of nitrogens with zero attached hydrogens (tertiary/aromatic N) is 1. The van der Waals surface area contributed by atoms with E-state index in [1.54, 1.807) is 24.4 Å². The van der Waals surface area contributed by atoms with E-state index in [0.29, 0.717) is 37.6 Å². The van der Waals surface area contributed by atoms with Crippen LogP contribution in [0.2, 0.25) is 15.1 Å². The zero-order chi connectivity index (χ0) is 13.3. The quantitative estimate of drug-likeness (QED) is 0.830. The molecule has 0 saturated carbocycles. The van der Waals surface area contributed by atoms with Crippen molar-refractivity contribution in [2.45, 2.75) is 6.61 Å². The van der Waals surface area contributed by atoms with Gasteiger partial charge in [-0.2, -0.15) is 0 Å². The number of hydrogen-bond acceptors (Lipinski definition) is 3. The fourth-order valence-electron chi connectivity index (χ4n) is 1.57. The van der Waals surface area contributed by atoms with Gasteiger partial charge in [0.1, 0.15) is 0 Å². The lowest BCUT2D eigenvalue weighted by molar-refractivity contribution is 0.282. The van der Waals surface area contributed by atoms with Gasteiger partial charge in [0, 0.05) is 17.3 Å². The Kier molecular flexibility index (Phi) is 3.97. The molecule has 0 spiro atoms. The number of rotatable bonds is 2. The lowest BCUT2D eigenvalue weighted by Gasteiger charge is -2.10. The number of aromatic nitrogens is 1. The molecule has 1 aromatic heterocycles. The van der Waals surface area contributed by atoms with Crippen LogP contribution < -0.4 is 5.73 Å². The van der Waals surface area contributed by atoms with Crippen molar-refractivity contribution in [3.05, 3.63) is 45.0 Å². The highest BCUT2D eigenvalue weighted by Gasteiger charge is 2.12. The van der Waals surface area contributed by atoms with Crippen molar-refractivity contribution in [3.63, 3.8) is 0 Å². The fourth-order valence-corrected chi connectivity index (χ4v) is 2.17. The molecule has 0 aliphatic carbocycles. The molecule has 3 N–H and O–H groups in total. The molecule has 18 heavy (non-hydrogen) atoms. The monoisotopic (exact) mass is 302 g/mol. The molecule has 0 radical (unpaired) electrons. The van der Waals surface area contributed by atoms with E-state index in [1.807, 2.05) is 0 Å². The smallest absolute Gasteiger partial charge is 0.0935 e. The average molecular weight is 304 g/mol. The Morgan fingerprint density at radius 2 is 1.78 bits per heavy atom. The van der Waals surface area contributed by atoms with E-state index in [2.05, 4.69) is 4.98 Å². The van der Waals surface area contributed by atoms with Crippen molar-refractivity contribution in [2.24, 2.45) is 0 Å². The van der Waals surface area contributed by atoms with Gasteiger partial charge in [-0.15, -0.1) is 0 Å². The second-order valence-corrected chi connectivity index (χ2v) is 4.84. The molecule has 0 unspecified atom stereocenters. The van der Waals surface area contributed by atoms with Crippen LogP contribution in [0, 0.1) is 0 Å². The van der Waals surface area contributed by atoms with Crippen LogP contribution in [0.15, 0.2) is 24.4 Å². The molecular formula is C12H9Cl3N2O. The van der Waals surface area contributed by atoms with Gasteiger partial charge in [0.25, 0.3) is 0 Å². The summed E-state index contributed by atoms with van der Waals surface area (Å²) in [5.74, 6) is 0. The summed E-state index contributed by atoms with van der Waals surface area (Å²) < 4.78 is 0. The normalized spacial score (nSPS) is 10.7. The Morgan fingerprint density at radius 3 is 2.33 bits per heavy atom. The van der Waals surface area contributed by atoms with E-state index in [0.717, 1.165) is 0 Å². The van der Waals surface area contributed by atoms with Crippen molar-refractivity contribution in [3.8, 4) is 11.3 Å². The second-order valence-electron chi connectivity index (χ2n) is 3.64. The number of aliphatic hydroxyl groups excluding tert-OH is 1. The van der Waals surface area contributed by atoms with E-state index in [-0.39, 0.29) is 6.61 Å². The largest absolute Gasteiger partial charge is 0.397 e. The van der Waals surface area contributed by atoms with E-state index in [9.17, 15) is 0 Å². The van der Waals surface area contributed by atoms with Gasteiger partial charge in [0.2, 0.25) is 0 Å². The number of halogens is 3.